The Bertz CT molecular complexity index is 816. The number of benzene rings is 1. The summed E-state index contributed by atoms with van der Waals surface area (Å²) in [6.45, 7) is 1.95. The van der Waals surface area contributed by atoms with Gasteiger partial charge in [0.25, 0.3) is 0 Å². The van der Waals surface area contributed by atoms with Crippen LogP contribution in [0.25, 0.3) is 0 Å². The van der Waals surface area contributed by atoms with Gasteiger partial charge in [0.1, 0.15) is 16.9 Å². The van der Waals surface area contributed by atoms with Crippen LogP contribution in [0.15, 0.2) is 18.3 Å². The first kappa shape index (κ1) is 16.6. The van der Waals surface area contributed by atoms with Crippen LogP contribution in [0.3, 0.4) is 0 Å². The number of hydrogen-bond donors (Lipinski definition) is 2. The molecule has 0 aliphatic carbocycles. The van der Waals surface area contributed by atoms with Crippen LogP contribution in [0, 0.1) is 0 Å². The molecular weight excluding hydrogens is 330 g/mol. The normalized spacial score (nSPS) is 15.3. The SMILES string of the molecule is CCOC(=O)c1cn[nH]c1N[C@H]1OC(=O)c2c1ccc(OC)c2OC. The number of rotatable bonds is 6. The molecule has 0 unspecified atom stereocenters. The lowest BCUT2D eigenvalue weighted by atomic mass is 10.1. The van der Waals surface area contributed by atoms with Crippen molar-refractivity contribution in [2.24, 2.45) is 0 Å². The van der Waals surface area contributed by atoms with E-state index in [2.05, 4.69) is 15.5 Å². The Balaban J connectivity index is 1.93. The lowest BCUT2D eigenvalue weighted by Crippen LogP contribution is -2.14. The highest BCUT2D eigenvalue weighted by molar-refractivity contribution is 5.99. The third-order valence-electron chi connectivity index (χ3n) is 3.70. The van der Waals surface area contributed by atoms with Crippen LogP contribution in [-0.2, 0) is 9.47 Å². The van der Waals surface area contributed by atoms with E-state index in [1.807, 2.05) is 0 Å². The fraction of sp³-hybridized carbons (Fsp3) is 0.312. The summed E-state index contributed by atoms with van der Waals surface area (Å²) in [5.74, 6) is -0.0768. The number of ether oxygens (including phenoxy) is 4. The monoisotopic (exact) mass is 347 g/mol. The lowest BCUT2D eigenvalue weighted by Gasteiger charge is -2.14. The maximum Gasteiger partial charge on any atom is 0.344 e. The summed E-state index contributed by atoms with van der Waals surface area (Å²) in [4.78, 5) is 24.2. The van der Waals surface area contributed by atoms with Crippen LogP contribution in [-0.4, -0.2) is 43.0 Å². The molecule has 0 saturated heterocycles. The van der Waals surface area contributed by atoms with E-state index in [0.717, 1.165) is 0 Å². The minimum atomic E-state index is -0.809. The van der Waals surface area contributed by atoms with Gasteiger partial charge < -0.3 is 24.3 Å². The number of carbonyl (C=O) groups excluding carboxylic acids is 2. The Morgan fingerprint density at radius 1 is 1.36 bits per heavy atom. The Kier molecular flexibility index (Phi) is 4.46. The predicted molar refractivity (Wildman–Crippen MR) is 85.9 cm³/mol. The molecule has 1 aromatic heterocycles. The van der Waals surface area contributed by atoms with Gasteiger partial charge in [0.15, 0.2) is 11.5 Å². The molecule has 9 nitrogen and oxygen atoms in total. The molecule has 0 spiro atoms. The minimum absolute atomic E-state index is 0.215. The van der Waals surface area contributed by atoms with Crippen molar-refractivity contribution in [3.8, 4) is 11.5 Å². The molecule has 2 heterocycles. The zero-order valence-corrected chi connectivity index (χ0v) is 13.9. The number of fused-ring (bicyclic) bond motifs is 1. The maximum atomic E-state index is 12.3. The van der Waals surface area contributed by atoms with Crippen molar-refractivity contribution >= 4 is 17.8 Å². The zero-order chi connectivity index (χ0) is 18.0. The second-order valence-corrected chi connectivity index (χ2v) is 5.07. The van der Waals surface area contributed by atoms with Crippen molar-refractivity contribution in [2.45, 2.75) is 13.2 Å². The molecule has 0 amide bonds. The Morgan fingerprint density at radius 3 is 2.84 bits per heavy atom. The summed E-state index contributed by atoms with van der Waals surface area (Å²) in [7, 11) is 2.93. The first-order chi connectivity index (χ1) is 12.1. The number of H-pyrrole nitrogens is 1. The summed E-state index contributed by atoms with van der Waals surface area (Å²) >= 11 is 0. The molecule has 1 atom stereocenters. The fourth-order valence-electron chi connectivity index (χ4n) is 2.60. The zero-order valence-electron chi connectivity index (χ0n) is 13.9. The van der Waals surface area contributed by atoms with E-state index in [4.69, 9.17) is 18.9 Å². The molecule has 2 aromatic rings. The summed E-state index contributed by atoms with van der Waals surface area (Å²) in [5, 5.41) is 9.44. The molecule has 1 aliphatic heterocycles. The number of nitrogens with zero attached hydrogens (tertiary/aromatic N) is 1. The molecule has 0 saturated carbocycles. The molecule has 3 rings (SSSR count). The highest BCUT2D eigenvalue weighted by Gasteiger charge is 2.36. The van der Waals surface area contributed by atoms with Gasteiger partial charge >= 0.3 is 11.9 Å². The number of esters is 2. The molecule has 0 radical (unpaired) electrons. The van der Waals surface area contributed by atoms with Crippen molar-refractivity contribution in [1.29, 1.82) is 0 Å². The average molecular weight is 347 g/mol. The van der Waals surface area contributed by atoms with E-state index >= 15 is 0 Å². The molecule has 2 N–H and O–H groups in total. The van der Waals surface area contributed by atoms with Crippen molar-refractivity contribution in [3.05, 3.63) is 35.0 Å². The molecule has 25 heavy (non-hydrogen) atoms. The number of methoxy groups -OCH3 is 2. The van der Waals surface area contributed by atoms with Crippen molar-refractivity contribution in [2.75, 3.05) is 26.1 Å². The molecule has 9 heteroatoms. The van der Waals surface area contributed by atoms with E-state index in [1.165, 1.54) is 20.4 Å². The minimum Gasteiger partial charge on any atom is -0.493 e. The van der Waals surface area contributed by atoms with Gasteiger partial charge in [-0.05, 0) is 19.1 Å². The standard InChI is InChI=1S/C16H17N3O6/c1-4-24-15(20)9-7-17-19-13(9)18-14-8-5-6-10(22-2)12(23-3)11(8)16(21)25-14/h5-7,14H,4H2,1-3H3,(H2,17,18,19)/t14-/m0/s1. The predicted octanol–water partition coefficient (Wildman–Crippen LogP) is 1.88. The van der Waals surface area contributed by atoms with Crippen LogP contribution in [0.5, 0.6) is 11.5 Å². The molecular formula is C16H17N3O6. The number of carbonyl (C=O) groups is 2. The van der Waals surface area contributed by atoms with Crippen molar-refractivity contribution in [1.82, 2.24) is 10.2 Å². The van der Waals surface area contributed by atoms with Crippen LogP contribution < -0.4 is 14.8 Å². The van der Waals surface area contributed by atoms with Crippen LogP contribution in [0.1, 0.15) is 39.4 Å². The number of aromatic amines is 1. The van der Waals surface area contributed by atoms with Gasteiger partial charge in [-0.25, -0.2) is 9.59 Å². The Hall–Kier alpha value is -3.23. The highest BCUT2D eigenvalue weighted by atomic mass is 16.6. The first-order valence-corrected chi connectivity index (χ1v) is 7.53. The topological polar surface area (TPSA) is 112 Å². The van der Waals surface area contributed by atoms with Gasteiger partial charge in [-0.1, -0.05) is 0 Å². The summed E-state index contributed by atoms with van der Waals surface area (Å²) < 4.78 is 20.8. The van der Waals surface area contributed by atoms with Gasteiger partial charge in [0.2, 0.25) is 6.23 Å². The third kappa shape index (κ3) is 2.84. The lowest BCUT2D eigenvalue weighted by molar-refractivity contribution is 0.0434. The van der Waals surface area contributed by atoms with E-state index in [9.17, 15) is 9.59 Å². The van der Waals surface area contributed by atoms with E-state index in [1.54, 1.807) is 19.1 Å². The number of nitrogens with one attached hydrogen (secondary N) is 2. The summed E-state index contributed by atoms with van der Waals surface area (Å²) in [6.07, 6.45) is 0.531. The average Bonchev–Trinajstić information content (AvgIpc) is 3.19. The van der Waals surface area contributed by atoms with E-state index in [-0.39, 0.29) is 17.7 Å². The van der Waals surface area contributed by atoms with Gasteiger partial charge in [0.05, 0.1) is 27.0 Å². The molecule has 0 bridgehead atoms. The third-order valence-corrected chi connectivity index (χ3v) is 3.70. The van der Waals surface area contributed by atoms with Gasteiger partial charge in [0, 0.05) is 5.56 Å². The quantitative estimate of drug-likeness (QED) is 0.762. The number of cyclic esters (lactones) is 1. The largest absolute Gasteiger partial charge is 0.493 e. The second kappa shape index (κ2) is 6.71. The molecule has 1 aliphatic rings. The van der Waals surface area contributed by atoms with Crippen LogP contribution in [0.4, 0.5) is 5.82 Å². The molecule has 0 fully saturated rings. The second-order valence-electron chi connectivity index (χ2n) is 5.07. The first-order valence-electron chi connectivity index (χ1n) is 7.53. The van der Waals surface area contributed by atoms with E-state index < -0.39 is 18.2 Å². The van der Waals surface area contributed by atoms with Crippen molar-refractivity contribution in [3.63, 3.8) is 0 Å². The summed E-state index contributed by atoms with van der Waals surface area (Å²) in [5.41, 5.74) is 1.05. The van der Waals surface area contributed by atoms with E-state index in [0.29, 0.717) is 22.9 Å². The van der Waals surface area contributed by atoms with Crippen LogP contribution >= 0.6 is 0 Å². The molecule has 1 aromatic carbocycles. The van der Waals surface area contributed by atoms with Crippen LogP contribution in [0.2, 0.25) is 0 Å². The van der Waals surface area contributed by atoms with Gasteiger partial charge in [-0.15, -0.1) is 0 Å². The Labute approximate surface area is 143 Å². The smallest absolute Gasteiger partial charge is 0.344 e. The Morgan fingerprint density at radius 2 is 2.16 bits per heavy atom. The maximum absolute atomic E-state index is 12.3. The fourth-order valence-corrected chi connectivity index (χ4v) is 2.60. The van der Waals surface area contributed by atoms with Gasteiger partial charge in [-0.3, -0.25) is 5.10 Å². The number of aromatic nitrogens is 2. The summed E-state index contributed by atoms with van der Waals surface area (Å²) in [6, 6.07) is 3.37. The van der Waals surface area contributed by atoms with Gasteiger partial charge in [-0.2, -0.15) is 5.10 Å². The number of anilines is 1. The number of hydrogen-bond acceptors (Lipinski definition) is 8. The van der Waals surface area contributed by atoms with Crippen molar-refractivity contribution < 1.29 is 28.5 Å². The molecule has 132 valence electrons. The highest BCUT2D eigenvalue weighted by Crippen LogP contribution is 2.42.